The minimum atomic E-state index is -0.236. The molecular weight excluding hydrogens is 312 g/mol. The maximum absolute atomic E-state index is 12.0. The second-order valence-electron chi connectivity index (χ2n) is 4.80. The standard InChI is InChI=1S/C18H15ClN2O2/c1-13-2-6-15(19)12-17(13)21-18(22)9-5-14-3-7-16(8-4-14)23-11-10-20/h2-9,12H,11H2,1H3,(H,21,22)/b9-5+. The van der Waals surface area contributed by atoms with Gasteiger partial charge in [0.2, 0.25) is 5.91 Å². The summed E-state index contributed by atoms with van der Waals surface area (Å²) in [5.74, 6) is 0.378. The second-order valence-corrected chi connectivity index (χ2v) is 5.23. The Morgan fingerprint density at radius 3 is 2.74 bits per heavy atom. The molecule has 5 heteroatoms. The Labute approximate surface area is 140 Å². The summed E-state index contributed by atoms with van der Waals surface area (Å²) >= 11 is 5.92. The number of aryl methyl sites for hydroxylation is 1. The molecule has 1 amide bonds. The van der Waals surface area contributed by atoms with Crippen LogP contribution in [0, 0.1) is 18.3 Å². The van der Waals surface area contributed by atoms with Crippen LogP contribution in [0.4, 0.5) is 5.69 Å². The highest BCUT2D eigenvalue weighted by atomic mass is 35.5. The van der Waals surface area contributed by atoms with Crippen molar-refractivity contribution in [2.45, 2.75) is 6.92 Å². The number of carbonyl (C=O) groups is 1. The van der Waals surface area contributed by atoms with Crippen molar-refractivity contribution >= 4 is 29.3 Å². The Morgan fingerprint density at radius 2 is 2.04 bits per heavy atom. The van der Waals surface area contributed by atoms with Crippen molar-refractivity contribution in [3.05, 3.63) is 64.7 Å². The van der Waals surface area contributed by atoms with E-state index < -0.39 is 0 Å². The summed E-state index contributed by atoms with van der Waals surface area (Å²) in [6.07, 6.45) is 3.15. The normalized spacial score (nSPS) is 10.3. The predicted octanol–water partition coefficient (Wildman–Crippen LogP) is 4.20. The molecule has 0 unspecified atom stereocenters. The molecule has 0 aliphatic carbocycles. The molecular formula is C18H15ClN2O2. The van der Waals surface area contributed by atoms with Gasteiger partial charge in [-0.3, -0.25) is 4.79 Å². The van der Waals surface area contributed by atoms with Crippen LogP contribution in [0.1, 0.15) is 11.1 Å². The van der Waals surface area contributed by atoms with Crippen LogP contribution in [0.2, 0.25) is 5.02 Å². The number of hydrogen-bond donors (Lipinski definition) is 1. The third kappa shape index (κ3) is 5.17. The maximum atomic E-state index is 12.0. The first kappa shape index (κ1) is 16.6. The van der Waals surface area contributed by atoms with E-state index in [9.17, 15) is 4.79 Å². The van der Waals surface area contributed by atoms with Crippen molar-refractivity contribution in [3.63, 3.8) is 0 Å². The number of halogens is 1. The molecule has 2 aromatic rings. The lowest BCUT2D eigenvalue weighted by molar-refractivity contribution is -0.111. The lowest BCUT2D eigenvalue weighted by atomic mass is 10.2. The number of benzene rings is 2. The Morgan fingerprint density at radius 1 is 1.30 bits per heavy atom. The molecule has 116 valence electrons. The lowest BCUT2D eigenvalue weighted by Gasteiger charge is -2.06. The summed E-state index contributed by atoms with van der Waals surface area (Å²) in [5, 5.41) is 11.8. The average Bonchev–Trinajstić information content (AvgIpc) is 2.55. The van der Waals surface area contributed by atoms with Gasteiger partial charge in [0.05, 0.1) is 0 Å². The maximum Gasteiger partial charge on any atom is 0.248 e. The van der Waals surface area contributed by atoms with E-state index in [2.05, 4.69) is 5.32 Å². The first-order chi connectivity index (χ1) is 11.1. The Bertz CT molecular complexity index is 762. The Hall–Kier alpha value is -2.77. The molecule has 0 fully saturated rings. The van der Waals surface area contributed by atoms with Crippen LogP contribution in [-0.2, 0) is 4.79 Å². The summed E-state index contributed by atoms with van der Waals surface area (Å²) < 4.78 is 5.16. The Balaban J connectivity index is 1.98. The van der Waals surface area contributed by atoms with Crippen LogP contribution in [0.5, 0.6) is 5.75 Å². The molecule has 0 bridgehead atoms. The minimum Gasteiger partial charge on any atom is -0.479 e. The van der Waals surface area contributed by atoms with Gasteiger partial charge in [0.25, 0.3) is 0 Å². The van der Waals surface area contributed by atoms with Gasteiger partial charge in [0.1, 0.15) is 11.8 Å². The van der Waals surface area contributed by atoms with Crippen LogP contribution in [-0.4, -0.2) is 12.5 Å². The molecule has 0 aromatic heterocycles. The number of nitrogens with one attached hydrogen (secondary N) is 1. The van der Waals surface area contributed by atoms with Crippen molar-refractivity contribution in [1.82, 2.24) is 0 Å². The molecule has 1 N–H and O–H groups in total. The molecule has 2 rings (SSSR count). The predicted molar refractivity (Wildman–Crippen MR) is 91.4 cm³/mol. The van der Waals surface area contributed by atoms with Crippen molar-refractivity contribution in [1.29, 1.82) is 5.26 Å². The SMILES string of the molecule is Cc1ccc(Cl)cc1NC(=O)/C=C/c1ccc(OCC#N)cc1. The summed E-state index contributed by atoms with van der Waals surface area (Å²) in [7, 11) is 0. The number of nitrogens with zero attached hydrogens (tertiary/aromatic N) is 1. The van der Waals surface area contributed by atoms with E-state index in [0.717, 1.165) is 11.1 Å². The number of anilines is 1. The fourth-order valence-corrected chi connectivity index (χ4v) is 2.04. The van der Waals surface area contributed by atoms with Gasteiger partial charge in [-0.2, -0.15) is 5.26 Å². The van der Waals surface area contributed by atoms with Gasteiger partial charge < -0.3 is 10.1 Å². The van der Waals surface area contributed by atoms with E-state index in [0.29, 0.717) is 16.5 Å². The summed E-state index contributed by atoms with van der Waals surface area (Å²) in [4.78, 5) is 12.0. The monoisotopic (exact) mass is 326 g/mol. The van der Waals surface area contributed by atoms with Crippen LogP contribution in [0.15, 0.2) is 48.5 Å². The van der Waals surface area contributed by atoms with E-state index >= 15 is 0 Å². The highest BCUT2D eigenvalue weighted by molar-refractivity contribution is 6.31. The summed E-state index contributed by atoms with van der Waals surface area (Å²) in [6, 6.07) is 14.3. The molecule has 0 heterocycles. The van der Waals surface area contributed by atoms with Crippen molar-refractivity contribution in [2.75, 3.05) is 11.9 Å². The van der Waals surface area contributed by atoms with Gasteiger partial charge >= 0.3 is 0 Å². The van der Waals surface area contributed by atoms with E-state index in [-0.39, 0.29) is 12.5 Å². The summed E-state index contributed by atoms with van der Waals surface area (Å²) in [6.45, 7) is 1.91. The summed E-state index contributed by atoms with van der Waals surface area (Å²) in [5.41, 5.74) is 2.48. The molecule has 23 heavy (non-hydrogen) atoms. The zero-order valence-corrected chi connectivity index (χ0v) is 13.3. The quantitative estimate of drug-likeness (QED) is 0.837. The molecule has 4 nitrogen and oxygen atoms in total. The van der Waals surface area contributed by atoms with E-state index in [1.54, 1.807) is 42.5 Å². The van der Waals surface area contributed by atoms with Crippen LogP contribution in [0.3, 0.4) is 0 Å². The van der Waals surface area contributed by atoms with Crippen LogP contribution < -0.4 is 10.1 Å². The third-order valence-corrected chi connectivity index (χ3v) is 3.30. The molecule has 0 aliphatic rings. The van der Waals surface area contributed by atoms with Gasteiger partial charge in [-0.1, -0.05) is 29.8 Å². The molecule has 0 radical (unpaired) electrons. The number of nitriles is 1. The molecule has 0 spiro atoms. The molecule has 0 saturated heterocycles. The van der Waals surface area contributed by atoms with Gasteiger partial charge in [-0.15, -0.1) is 0 Å². The highest BCUT2D eigenvalue weighted by Crippen LogP contribution is 2.20. The van der Waals surface area contributed by atoms with E-state index in [1.165, 1.54) is 6.08 Å². The smallest absolute Gasteiger partial charge is 0.248 e. The first-order valence-electron chi connectivity index (χ1n) is 6.93. The molecule has 0 saturated carbocycles. The van der Waals surface area contributed by atoms with Gasteiger partial charge in [0.15, 0.2) is 6.61 Å². The van der Waals surface area contributed by atoms with E-state index in [1.807, 2.05) is 19.1 Å². The van der Waals surface area contributed by atoms with Crippen molar-refractivity contribution in [2.24, 2.45) is 0 Å². The van der Waals surface area contributed by atoms with Crippen molar-refractivity contribution < 1.29 is 9.53 Å². The molecule has 2 aromatic carbocycles. The van der Waals surface area contributed by atoms with Crippen LogP contribution >= 0.6 is 11.6 Å². The Kier molecular flexibility index (Phi) is 5.79. The number of rotatable bonds is 5. The number of ether oxygens (including phenoxy) is 1. The fraction of sp³-hybridized carbons (Fsp3) is 0.111. The van der Waals surface area contributed by atoms with Crippen molar-refractivity contribution in [3.8, 4) is 11.8 Å². The number of carbonyl (C=O) groups excluding carboxylic acids is 1. The van der Waals surface area contributed by atoms with Gasteiger partial charge in [0, 0.05) is 16.8 Å². The zero-order valence-electron chi connectivity index (χ0n) is 12.5. The zero-order chi connectivity index (χ0) is 16.7. The largest absolute Gasteiger partial charge is 0.479 e. The average molecular weight is 327 g/mol. The topological polar surface area (TPSA) is 62.1 Å². The molecule has 0 aliphatic heterocycles. The fourth-order valence-electron chi connectivity index (χ4n) is 1.87. The highest BCUT2D eigenvalue weighted by Gasteiger charge is 2.02. The molecule has 0 atom stereocenters. The lowest BCUT2D eigenvalue weighted by Crippen LogP contribution is -2.08. The number of hydrogen-bond acceptors (Lipinski definition) is 3. The van der Waals surface area contributed by atoms with E-state index in [4.69, 9.17) is 21.6 Å². The number of amides is 1. The van der Waals surface area contributed by atoms with Crippen LogP contribution in [0.25, 0.3) is 6.08 Å². The second kappa shape index (κ2) is 8.02. The van der Waals surface area contributed by atoms with Gasteiger partial charge in [-0.25, -0.2) is 0 Å². The minimum absolute atomic E-state index is 0.0105. The first-order valence-corrected chi connectivity index (χ1v) is 7.31. The third-order valence-electron chi connectivity index (χ3n) is 3.07. The van der Waals surface area contributed by atoms with Gasteiger partial charge in [-0.05, 0) is 48.4 Å².